The van der Waals surface area contributed by atoms with Crippen LogP contribution in [0.3, 0.4) is 0 Å². The Morgan fingerprint density at radius 2 is 1.87 bits per heavy atom. The van der Waals surface area contributed by atoms with E-state index < -0.39 is 15.8 Å². The Hall–Kier alpha value is -1.60. The quantitative estimate of drug-likeness (QED) is 0.861. The van der Waals surface area contributed by atoms with Gasteiger partial charge < -0.3 is 4.42 Å². The summed E-state index contributed by atoms with van der Waals surface area (Å²) in [5, 5.41) is 0. The molecule has 1 fully saturated rings. The van der Waals surface area contributed by atoms with E-state index in [4.69, 9.17) is 4.42 Å². The number of fused-ring (bicyclic) bond motifs is 1. The Labute approximate surface area is 135 Å². The summed E-state index contributed by atoms with van der Waals surface area (Å²) >= 11 is 0. The van der Waals surface area contributed by atoms with E-state index >= 15 is 0 Å². The first kappa shape index (κ1) is 16.3. The van der Waals surface area contributed by atoms with Crippen LogP contribution in [0.1, 0.15) is 27.2 Å². The number of aromatic nitrogens is 1. The summed E-state index contributed by atoms with van der Waals surface area (Å²) in [7, 11) is -3.57. The molecule has 1 aliphatic rings. The maximum absolute atomic E-state index is 12.9. The third kappa shape index (κ3) is 2.83. The van der Waals surface area contributed by atoms with E-state index in [9.17, 15) is 13.2 Å². The average Bonchev–Trinajstić information content (AvgIpc) is 2.80. The molecule has 0 bridgehead atoms. The highest BCUT2D eigenvalue weighted by molar-refractivity contribution is 7.89. The molecule has 7 heteroatoms. The molecule has 1 saturated heterocycles. The first-order chi connectivity index (χ1) is 10.8. The number of benzene rings is 1. The molecule has 0 spiro atoms. The number of rotatable bonds is 3. The summed E-state index contributed by atoms with van der Waals surface area (Å²) in [6, 6.07) is 4.66. The second kappa shape index (κ2) is 5.79. The van der Waals surface area contributed by atoms with Crippen molar-refractivity contribution in [3.8, 4) is 0 Å². The number of hydrogen-bond acceptors (Lipinski definition) is 4. The molecular formula is C16H22N2O4S. The van der Waals surface area contributed by atoms with E-state index in [1.54, 1.807) is 16.4 Å². The van der Waals surface area contributed by atoms with Crippen LogP contribution in [0.4, 0.5) is 0 Å². The largest absolute Gasteiger partial charge is 0.419 e. The lowest BCUT2D eigenvalue weighted by Crippen LogP contribution is -2.42. The van der Waals surface area contributed by atoms with Crippen LogP contribution < -0.4 is 5.76 Å². The van der Waals surface area contributed by atoms with Gasteiger partial charge in [-0.05, 0) is 37.3 Å². The van der Waals surface area contributed by atoms with Crippen molar-refractivity contribution in [2.24, 2.45) is 11.8 Å². The molecule has 2 heterocycles. The number of nitrogens with zero attached hydrogens (tertiary/aromatic N) is 2. The number of sulfonamides is 1. The molecule has 2 atom stereocenters. The predicted octanol–water partition coefficient (Wildman–Crippen LogP) is 2.28. The minimum absolute atomic E-state index is 0.184. The first-order valence-corrected chi connectivity index (χ1v) is 9.40. The molecular weight excluding hydrogens is 316 g/mol. The van der Waals surface area contributed by atoms with Crippen molar-refractivity contribution < 1.29 is 12.8 Å². The van der Waals surface area contributed by atoms with Crippen molar-refractivity contribution in [1.82, 2.24) is 8.87 Å². The molecule has 2 aromatic rings. The smallest absolute Gasteiger partial charge is 0.408 e. The van der Waals surface area contributed by atoms with Gasteiger partial charge in [-0.15, -0.1) is 0 Å². The van der Waals surface area contributed by atoms with Gasteiger partial charge in [-0.3, -0.25) is 4.57 Å². The predicted molar refractivity (Wildman–Crippen MR) is 87.9 cm³/mol. The van der Waals surface area contributed by atoms with E-state index in [0.29, 0.717) is 42.6 Å². The number of oxazole rings is 1. The third-order valence-corrected chi connectivity index (χ3v) is 6.26. The van der Waals surface area contributed by atoms with Gasteiger partial charge in [0, 0.05) is 25.7 Å². The van der Waals surface area contributed by atoms with Crippen LogP contribution in [-0.4, -0.2) is 30.4 Å². The van der Waals surface area contributed by atoms with Crippen LogP contribution in [-0.2, 0) is 16.6 Å². The van der Waals surface area contributed by atoms with Gasteiger partial charge in [0.1, 0.15) is 0 Å². The summed E-state index contributed by atoms with van der Waals surface area (Å²) in [5.41, 5.74) is 0.938. The van der Waals surface area contributed by atoms with Crippen LogP contribution >= 0.6 is 0 Å². The highest BCUT2D eigenvalue weighted by atomic mass is 32.2. The standard InChI is InChI=1S/C16H22N2O4S/c1-4-18-14-6-5-13(8-15(14)22-16(18)19)23(20,21)17-9-11(2)7-12(3)10-17/h5-6,8,11-12H,4,7,9-10H2,1-3H3/t11-,12-/m0/s1. The third-order valence-electron chi connectivity index (χ3n) is 4.43. The van der Waals surface area contributed by atoms with Gasteiger partial charge in [-0.1, -0.05) is 13.8 Å². The summed E-state index contributed by atoms with van der Waals surface area (Å²) in [4.78, 5) is 11.9. The van der Waals surface area contributed by atoms with Crippen molar-refractivity contribution >= 4 is 21.1 Å². The Kier molecular flexibility index (Phi) is 4.10. The Balaban J connectivity index is 2.03. The van der Waals surface area contributed by atoms with Gasteiger partial charge in [0.2, 0.25) is 10.0 Å². The molecule has 6 nitrogen and oxygen atoms in total. The topological polar surface area (TPSA) is 72.5 Å². The summed E-state index contributed by atoms with van der Waals surface area (Å²) < 4.78 is 34.0. The van der Waals surface area contributed by atoms with Crippen molar-refractivity contribution in [3.05, 3.63) is 28.7 Å². The van der Waals surface area contributed by atoms with Gasteiger partial charge in [0.05, 0.1) is 10.4 Å². The molecule has 1 aromatic heterocycles. The maximum Gasteiger partial charge on any atom is 0.419 e. The fourth-order valence-electron chi connectivity index (χ4n) is 3.46. The zero-order valence-corrected chi connectivity index (χ0v) is 14.5. The van der Waals surface area contributed by atoms with E-state index in [0.717, 1.165) is 6.42 Å². The Morgan fingerprint density at radius 3 is 2.48 bits per heavy atom. The molecule has 1 aromatic carbocycles. The summed E-state index contributed by atoms with van der Waals surface area (Å²) in [6.07, 6.45) is 1.04. The van der Waals surface area contributed by atoms with Crippen LogP contribution in [0.25, 0.3) is 11.1 Å². The van der Waals surface area contributed by atoms with Crippen molar-refractivity contribution in [2.75, 3.05) is 13.1 Å². The Bertz CT molecular complexity index is 871. The molecule has 0 aliphatic carbocycles. The number of piperidine rings is 1. The highest BCUT2D eigenvalue weighted by Gasteiger charge is 2.32. The first-order valence-electron chi connectivity index (χ1n) is 7.96. The van der Waals surface area contributed by atoms with E-state index in [2.05, 4.69) is 13.8 Å². The normalized spacial score (nSPS) is 23.4. The second-order valence-electron chi connectivity index (χ2n) is 6.51. The van der Waals surface area contributed by atoms with Gasteiger partial charge >= 0.3 is 5.76 Å². The molecule has 0 amide bonds. The zero-order valence-electron chi connectivity index (χ0n) is 13.7. The maximum atomic E-state index is 12.9. The molecule has 0 radical (unpaired) electrons. The molecule has 126 valence electrons. The lowest BCUT2D eigenvalue weighted by atomic mass is 9.94. The molecule has 0 N–H and O–H groups in total. The molecule has 1 aliphatic heterocycles. The van der Waals surface area contributed by atoms with Gasteiger partial charge in [0.25, 0.3) is 0 Å². The van der Waals surface area contributed by atoms with Crippen LogP contribution in [0.5, 0.6) is 0 Å². The SMILES string of the molecule is CCn1c(=O)oc2cc(S(=O)(=O)N3C[C@@H](C)C[C@H](C)C3)ccc21. The van der Waals surface area contributed by atoms with Crippen LogP contribution in [0.2, 0.25) is 0 Å². The number of hydrogen-bond donors (Lipinski definition) is 0. The zero-order chi connectivity index (χ0) is 16.8. The fraction of sp³-hybridized carbons (Fsp3) is 0.562. The lowest BCUT2D eigenvalue weighted by molar-refractivity contribution is 0.222. The van der Waals surface area contributed by atoms with Crippen LogP contribution in [0, 0.1) is 11.8 Å². The molecule has 3 rings (SSSR count). The van der Waals surface area contributed by atoms with Gasteiger partial charge in [-0.25, -0.2) is 13.2 Å². The second-order valence-corrected chi connectivity index (χ2v) is 8.45. The van der Waals surface area contributed by atoms with Gasteiger partial charge in [0.15, 0.2) is 5.58 Å². The molecule has 23 heavy (non-hydrogen) atoms. The summed E-state index contributed by atoms with van der Waals surface area (Å²) in [5.74, 6) is 0.227. The van der Waals surface area contributed by atoms with Crippen LogP contribution in [0.15, 0.2) is 32.3 Å². The van der Waals surface area contributed by atoms with Crippen molar-refractivity contribution in [1.29, 1.82) is 0 Å². The van der Waals surface area contributed by atoms with Gasteiger partial charge in [-0.2, -0.15) is 4.31 Å². The lowest BCUT2D eigenvalue weighted by Gasteiger charge is -2.34. The van der Waals surface area contributed by atoms with E-state index in [-0.39, 0.29) is 4.90 Å². The minimum atomic E-state index is -3.57. The van der Waals surface area contributed by atoms with E-state index in [1.165, 1.54) is 10.6 Å². The van der Waals surface area contributed by atoms with E-state index in [1.807, 2.05) is 6.92 Å². The number of aryl methyl sites for hydroxylation is 1. The fourth-order valence-corrected chi connectivity index (χ4v) is 5.15. The summed E-state index contributed by atoms with van der Waals surface area (Å²) in [6.45, 7) is 7.54. The average molecular weight is 338 g/mol. The van der Waals surface area contributed by atoms with Crippen molar-refractivity contribution in [2.45, 2.75) is 38.6 Å². The molecule has 0 saturated carbocycles. The monoisotopic (exact) mass is 338 g/mol. The highest BCUT2D eigenvalue weighted by Crippen LogP contribution is 2.28. The Morgan fingerprint density at radius 1 is 1.22 bits per heavy atom. The van der Waals surface area contributed by atoms with Crippen molar-refractivity contribution in [3.63, 3.8) is 0 Å². The minimum Gasteiger partial charge on any atom is -0.408 e. The molecule has 0 unspecified atom stereocenters.